The summed E-state index contributed by atoms with van der Waals surface area (Å²) < 4.78 is 19.2. The Labute approximate surface area is 177 Å². The van der Waals surface area contributed by atoms with Gasteiger partial charge in [0, 0.05) is 12.0 Å². The van der Waals surface area contributed by atoms with E-state index < -0.39 is 7.37 Å². The van der Waals surface area contributed by atoms with Crippen LogP contribution >= 0.6 is 7.37 Å². The Morgan fingerprint density at radius 3 is 1.83 bits per heavy atom. The van der Waals surface area contributed by atoms with Crippen LogP contribution in [0.2, 0.25) is 0 Å². The van der Waals surface area contributed by atoms with Crippen molar-refractivity contribution < 1.29 is 9.09 Å². The molecule has 0 aliphatic carbocycles. The van der Waals surface area contributed by atoms with E-state index in [2.05, 4.69) is 6.92 Å². The number of hydrogen-bond acceptors (Lipinski definition) is 2. The first-order valence-corrected chi connectivity index (χ1v) is 12.8. The third-order valence-electron chi connectivity index (χ3n) is 4.92. The summed E-state index contributed by atoms with van der Waals surface area (Å²) in [5.74, 6) is 1.78. The van der Waals surface area contributed by atoms with Crippen LogP contribution in [0.15, 0.2) is 72.7 Å². The number of benzene rings is 2. The minimum atomic E-state index is -2.86. The lowest BCUT2D eigenvalue weighted by atomic mass is 10.1. The second kappa shape index (κ2) is 14.0. The molecule has 0 bridgehead atoms. The molecular weight excluding hydrogens is 375 g/mol. The van der Waals surface area contributed by atoms with Gasteiger partial charge >= 0.3 is 0 Å². The van der Waals surface area contributed by atoms with E-state index in [-0.39, 0.29) is 0 Å². The predicted molar refractivity (Wildman–Crippen MR) is 127 cm³/mol. The van der Waals surface area contributed by atoms with Gasteiger partial charge in [0.05, 0.1) is 6.26 Å². The van der Waals surface area contributed by atoms with Gasteiger partial charge in [0.2, 0.25) is 0 Å². The standard InChI is InChI=1S/C26H35O2P/c1-2-3-4-5-6-7-8-15-23-29(27,24-21-26-18-13-10-14-19-26)28-22-20-25-16-11-9-12-17-25/h9-14,16-22,24H,2-8,15,23H2,1H3. The lowest BCUT2D eigenvalue weighted by Gasteiger charge is -2.13. The van der Waals surface area contributed by atoms with Crippen molar-refractivity contribution >= 4 is 19.5 Å². The van der Waals surface area contributed by atoms with E-state index >= 15 is 0 Å². The van der Waals surface area contributed by atoms with Crippen molar-refractivity contribution in [3.8, 4) is 0 Å². The molecule has 0 fully saturated rings. The molecule has 2 nitrogen and oxygen atoms in total. The van der Waals surface area contributed by atoms with Crippen LogP contribution in [-0.4, -0.2) is 6.16 Å². The summed E-state index contributed by atoms with van der Waals surface area (Å²) in [6.07, 6.45) is 15.8. The highest BCUT2D eigenvalue weighted by Gasteiger charge is 2.18. The molecule has 2 aromatic carbocycles. The van der Waals surface area contributed by atoms with Crippen molar-refractivity contribution in [1.29, 1.82) is 0 Å². The molecule has 2 aromatic rings. The zero-order chi connectivity index (χ0) is 20.6. The molecule has 2 rings (SSSR count). The maximum absolute atomic E-state index is 13.4. The highest BCUT2D eigenvalue weighted by atomic mass is 31.2. The quantitative estimate of drug-likeness (QED) is 0.177. The Hall–Kier alpha value is -2.05. The summed E-state index contributed by atoms with van der Waals surface area (Å²) in [6, 6.07) is 19.9. The summed E-state index contributed by atoms with van der Waals surface area (Å²) in [6.45, 7) is 2.24. The molecule has 1 atom stereocenters. The Bertz CT molecular complexity index is 766. The molecule has 3 heteroatoms. The number of unbranched alkanes of at least 4 members (excludes halogenated alkanes) is 7. The number of hydrogen-bond donors (Lipinski definition) is 0. The van der Waals surface area contributed by atoms with E-state index in [4.69, 9.17) is 4.52 Å². The highest BCUT2D eigenvalue weighted by molar-refractivity contribution is 7.62. The maximum atomic E-state index is 13.4. The monoisotopic (exact) mass is 410 g/mol. The minimum absolute atomic E-state index is 0.588. The summed E-state index contributed by atoms with van der Waals surface area (Å²) in [7, 11) is -2.86. The molecule has 29 heavy (non-hydrogen) atoms. The zero-order valence-corrected chi connectivity index (χ0v) is 18.6. The summed E-state index contributed by atoms with van der Waals surface area (Å²) in [5.41, 5.74) is 2.08. The molecule has 0 saturated carbocycles. The largest absolute Gasteiger partial charge is 0.448 e. The lowest BCUT2D eigenvalue weighted by Crippen LogP contribution is -1.91. The van der Waals surface area contributed by atoms with Gasteiger partial charge in [0.1, 0.15) is 0 Å². The maximum Gasteiger partial charge on any atom is 0.269 e. The normalized spacial score (nSPS) is 13.7. The van der Waals surface area contributed by atoms with Gasteiger partial charge in [-0.25, -0.2) is 0 Å². The van der Waals surface area contributed by atoms with Gasteiger partial charge in [-0.05, 0) is 29.7 Å². The van der Waals surface area contributed by atoms with Gasteiger partial charge in [-0.15, -0.1) is 0 Å². The van der Waals surface area contributed by atoms with E-state index in [1.165, 1.54) is 38.5 Å². The molecule has 0 amide bonds. The first kappa shape index (κ1) is 23.2. The van der Waals surface area contributed by atoms with E-state index in [1.54, 1.807) is 12.1 Å². The van der Waals surface area contributed by atoms with Crippen LogP contribution in [0.25, 0.3) is 12.2 Å². The minimum Gasteiger partial charge on any atom is -0.448 e. The van der Waals surface area contributed by atoms with Crippen LogP contribution < -0.4 is 0 Å². The van der Waals surface area contributed by atoms with E-state index in [0.29, 0.717) is 6.16 Å². The van der Waals surface area contributed by atoms with Gasteiger partial charge in [-0.3, -0.25) is 4.57 Å². The van der Waals surface area contributed by atoms with Crippen molar-refractivity contribution in [2.24, 2.45) is 0 Å². The molecule has 156 valence electrons. The third kappa shape index (κ3) is 10.3. The first-order valence-electron chi connectivity index (χ1n) is 10.9. The summed E-state index contributed by atoms with van der Waals surface area (Å²) >= 11 is 0. The zero-order valence-electron chi connectivity index (χ0n) is 17.7. The van der Waals surface area contributed by atoms with Crippen molar-refractivity contribution in [3.05, 3.63) is 83.9 Å². The highest BCUT2D eigenvalue weighted by Crippen LogP contribution is 2.50. The van der Waals surface area contributed by atoms with Crippen LogP contribution in [0.3, 0.4) is 0 Å². The van der Waals surface area contributed by atoms with Crippen molar-refractivity contribution in [3.63, 3.8) is 0 Å². The van der Waals surface area contributed by atoms with Crippen LogP contribution in [0.5, 0.6) is 0 Å². The molecule has 0 spiro atoms. The fourth-order valence-corrected chi connectivity index (χ4v) is 4.82. The van der Waals surface area contributed by atoms with Crippen LogP contribution in [0.1, 0.15) is 69.4 Å². The Kier molecular flexibility index (Phi) is 11.2. The molecule has 0 aliphatic rings. The van der Waals surface area contributed by atoms with E-state index in [9.17, 15) is 4.57 Å². The second-order valence-corrected chi connectivity index (χ2v) is 9.88. The van der Waals surface area contributed by atoms with Crippen LogP contribution in [-0.2, 0) is 9.09 Å². The SMILES string of the molecule is CCCCCCCCCCP(=O)(C=Cc1ccccc1)OC=Cc1ccccc1. The van der Waals surface area contributed by atoms with E-state index in [1.807, 2.05) is 72.8 Å². The van der Waals surface area contributed by atoms with Gasteiger partial charge in [-0.1, -0.05) is 113 Å². The molecule has 0 aliphatic heterocycles. The molecule has 0 aromatic heterocycles. The molecule has 0 N–H and O–H groups in total. The molecule has 0 saturated heterocycles. The van der Waals surface area contributed by atoms with Crippen molar-refractivity contribution in [2.75, 3.05) is 6.16 Å². The van der Waals surface area contributed by atoms with Gasteiger partial charge in [-0.2, -0.15) is 0 Å². The van der Waals surface area contributed by atoms with Crippen molar-refractivity contribution in [2.45, 2.75) is 58.3 Å². The first-order chi connectivity index (χ1) is 14.2. The Morgan fingerprint density at radius 1 is 0.724 bits per heavy atom. The average Bonchev–Trinajstić information content (AvgIpc) is 2.76. The Morgan fingerprint density at radius 2 is 1.24 bits per heavy atom. The lowest BCUT2D eigenvalue weighted by molar-refractivity contribution is 0.448. The smallest absolute Gasteiger partial charge is 0.269 e. The summed E-state index contributed by atoms with van der Waals surface area (Å²) in [4.78, 5) is 0. The second-order valence-electron chi connectivity index (χ2n) is 7.47. The van der Waals surface area contributed by atoms with Gasteiger partial charge in [0.25, 0.3) is 7.37 Å². The predicted octanol–water partition coefficient (Wildman–Crippen LogP) is 8.76. The number of rotatable bonds is 14. The summed E-state index contributed by atoms with van der Waals surface area (Å²) in [5, 5.41) is 0. The van der Waals surface area contributed by atoms with Gasteiger partial charge in [0.15, 0.2) is 0 Å². The molecule has 1 unspecified atom stereocenters. The average molecular weight is 411 g/mol. The molecule has 0 heterocycles. The molecular formula is C26H35O2P. The fraction of sp³-hybridized carbons (Fsp3) is 0.385. The topological polar surface area (TPSA) is 26.3 Å². The van der Waals surface area contributed by atoms with Crippen molar-refractivity contribution in [1.82, 2.24) is 0 Å². The van der Waals surface area contributed by atoms with Crippen LogP contribution in [0, 0.1) is 0 Å². The fourth-order valence-electron chi connectivity index (χ4n) is 3.17. The van der Waals surface area contributed by atoms with E-state index in [0.717, 1.165) is 24.0 Å². The van der Waals surface area contributed by atoms with Gasteiger partial charge < -0.3 is 4.52 Å². The Balaban J connectivity index is 1.89. The van der Waals surface area contributed by atoms with Crippen LogP contribution in [0.4, 0.5) is 0 Å². The molecule has 0 radical (unpaired) electrons. The third-order valence-corrected chi connectivity index (χ3v) is 6.94.